The van der Waals surface area contributed by atoms with Gasteiger partial charge in [-0.05, 0) is 31.5 Å². The summed E-state index contributed by atoms with van der Waals surface area (Å²) in [5.74, 6) is 0. The van der Waals surface area contributed by atoms with Crippen molar-refractivity contribution in [2.24, 2.45) is 0 Å². The van der Waals surface area contributed by atoms with Crippen molar-refractivity contribution in [2.75, 3.05) is 24.2 Å². The van der Waals surface area contributed by atoms with Gasteiger partial charge in [0, 0.05) is 48.1 Å². The molecule has 1 atom stereocenters. The maximum atomic E-state index is 9.35. The van der Waals surface area contributed by atoms with Gasteiger partial charge in [0.1, 0.15) is 0 Å². The summed E-state index contributed by atoms with van der Waals surface area (Å²) in [4.78, 5) is 6.24. The number of nitrogen functional groups attached to an aromatic ring is 1. The Morgan fingerprint density at radius 3 is 2.83 bits per heavy atom. The monoisotopic (exact) mass is 245 g/mol. The van der Waals surface area contributed by atoms with Crippen LogP contribution in [0.4, 0.5) is 11.4 Å². The van der Waals surface area contributed by atoms with E-state index < -0.39 is 0 Å². The second kappa shape index (κ2) is 5.23. The van der Waals surface area contributed by atoms with Crippen molar-refractivity contribution in [3.8, 4) is 0 Å². The molecule has 1 aromatic heterocycles. The molecule has 0 bridgehead atoms. The predicted octanol–water partition coefficient (Wildman–Crippen LogP) is 2.02. The zero-order valence-electron chi connectivity index (χ0n) is 10.8. The van der Waals surface area contributed by atoms with Crippen LogP contribution in [-0.2, 0) is 0 Å². The van der Waals surface area contributed by atoms with Crippen LogP contribution in [0.15, 0.2) is 30.6 Å². The normalized spacial score (nSPS) is 12.6. The lowest BCUT2D eigenvalue weighted by Gasteiger charge is -2.22. The minimum Gasteiger partial charge on any atom is -0.398 e. The van der Waals surface area contributed by atoms with Gasteiger partial charge in [0.15, 0.2) is 0 Å². The van der Waals surface area contributed by atoms with Crippen molar-refractivity contribution in [3.05, 3.63) is 30.6 Å². The number of aromatic nitrogens is 1. The highest BCUT2D eigenvalue weighted by Gasteiger charge is 2.08. The highest BCUT2D eigenvalue weighted by atomic mass is 16.3. The molecule has 1 aromatic carbocycles. The van der Waals surface area contributed by atoms with Crippen molar-refractivity contribution in [1.82, 2.24) is 4.98 Å². The minimum absolute atomic E-state index is 0.283. The van der Waals surface area contributed by atoms with Crippen LogP contribution in [0.3, 0.4) is 0 Å². The number of hydrogen-bond donors (Lipinski definition) is 2. The second-order valence-corrected chi connectivity index (χ2v) is 4.65. The van der Waals surface area contributed by atoms with E-state index in [0.717, 1.165) is 35.1 Å². The van der Waals surface area contributed by atoms with E-state index >= 15 is 0 Å². The molecule has 0 fully saturated rings. The number of fused-ring (bicyclic) bond motifs is 1. The van der Waals surface area contributed by atoms with Crippen LogP contribution in [0.5, 0.6) is 0 Å². The smallest absolute Gasteiger partial charge is 0.0528 e. The molecule has 0 saturated carbocycles. The number of anilines is 2. The highest BCUT2D eigenvalue weighted by Crippen LogP contribution is 2.29. The summed E-state index contributed by atoms with van der Waals surface area (Å²) in [6.07, 6.45) is 4.02. The van der Waals surface area contributed by atoms with E-state index in [4.69, 9.17) is 5.73 Å². The molecule has 0 spiro atoms. The molecule has 2 rings (SSSR count). The van der Waals surface area contributed by atoms with Crippen LogP contribution >= 0.6 is 0 Å². The van der Waals surface area contributed by atoms with Gasteiger partial charge in [-0.1, -0.05) is 0 Å². The highest BCUT2D eigenvalue weighted by molar-refractivity contribution is 6.00. The molecule has 4 nitrogen and oxygen atoms in total. The Hall–Kier alpha value is -1.81. The van der Waals surface area contributed by atoms with Crippen LogP contribution in [-0.4, -0.2) is 29.8 Å². The van der Waals surface area contributed by atoms with Gasteiger partial charge < -0.3 is 15.7 Å². The molecule has 0 radical (unpaired) electrons. The van der Waals surface area contributed by atoms with Crippen LogP contribution in [0.25, 0.3) is 10.8 Å². The van der Waals surface area contributed by atoms with Gasteiger partial charge in [0.25, 0.3) is 0 Å². The quantitative estimate of drug-likeness (QED) is 0.809. The summed E-state index contributed by atoms with van der Waals surface area (Å²) in [6.45, 7) is 2.61. The number of aliphatic hydroxyl groups is 1. The SMILES string of the molecule is CC(O)CCN(C)c1ccc(N)c2cnccc12. The van der Waals surface area contributed by atoms with E-state index in [1.807, 2.05) is 25.2 Å². The standard InChI is InChI=1S/C14H19N3O/c1-10(18)6-8-17(2)14-4-3-13(15)12-9-16-7-5-11(12)14/h3-5,7,9-10,18H,6,8,15H2,1-2H3. The lowest BCUT2D eigenvalue weighted by atomic mass is 10.1. The summed E-state index contributed by atoms with van der Waals surface area (Å²) < 4.78 is 0. The first-order chi connectivity index (χ1) is 8.59. The number of rotatable bonds is 4. The number of hydrogen-bond acceptors (Lipinski definition) is 4. The van der Waals surface area contributed by atoms with Crippen molar-refractivity contribution in [3.63, 3.8) is 0 Å². The number of benzene rings is 1. The number of nitrogens with two attached hydrogens (primary N) is 1. The second-order valence-electron chi connectivity index (χ2n) is 4.65. The van der Waals surface area contributed by atoms with E-state index in [1.54, 1.807) is 19.3 Å². The largest absolute Gasteiger partial charge is 0.398 e. The topological polar surface area (TPSA) is 62.4 Å². The molecule has 1 unspecified atom stereocenters. The Labute approximate surface area is 107 Å². The third-order valence-electron chi connectivity index (χ3n) is 3.12. The molecular formula is C14H19N3O. The Morgan fingerprint density at radius 2 is 2.11 bits per heavy atom. The first-order valence-electron chi connectivity index (χ1n) is 6.11. The summed E-state index contributed by atoms with van der Waals surface area (Å²) in [7, 11) is 2.02. The van der Waals surface area contributed by atoms with Gasteiger partial charge in [-0.25, -0.2) is 0 Å². The number of nitrogens with zero attached hydrogens (tertiary/aromatic N) is 2. The fourth-order valence-corrected chi connectivity index (χ4v) is 2.03. The fraction of sp³-hybridized carbons (Fsp3) is 0.357. The summed E-state index contributed by atoms with van der Waals surface area (Å²) in [5, 5.41) is 11.4. The van der Waals surface area contributed by atoms with Gasteiger partial charge >= 0.3 is 0 Å². The summed E-state index contributed by atoms with van der Waals surface area (Å²) >= 11 is 0. The Bertz CT molecular complexity index is 540. The average molecular weight is 245 g/mol. The molecule has 96 valence electrons. The fourth-order valence-electron chi connectivity index (χ4n) is 2.03. The lowest BCUT2D eigenvalue weighted by molar-refractivity contribution is 0.187. The van der Waals surface area contributed by atoms with E-state index in [2.05, 4.69) is 9.88 Å². The van der Waals surface area contributed by atoms with Crippen molar-refractivity contribution in [2.45, 2.75) is 19.4 Å². The van der Waals surface area contributed by atoms with Crippen LogP contribution in [0.2, 0.25) is 0 Å². The molecule has 0 amide bonds. The summed E-state index contributed by atoms with van der Waals surface area (Å²) in [5.41, 5.74) is 7.80. The molecule has 0 aliphatic heterocycles. The Balaban J connectivity index is 2.36. The van der Waals surface area contributed by atoms with Crippen molar-refractivity contribution in [1.29, 1.82) is 0 Å². The van der Waals surface area contributed by atoms with Gasteiger partial charge in [0.05, 0.1) is 6.10 Å². The minimum atomic E-state index is -0.283. The van der Waals surface area contributed by atoms with E-state index in [-0.39, 0.29) is 6.10 Å². The van der Waals surface area contributed by atoms with Crippen molar-refractivity contribution < 1.29 is 5.11 Å². The molecule has 3 N–H and O–H groups in total. The predicted molar refractivity (Wildman–Crippen MR) is 75.7 cm³/mol. The molecule has 1 heterocycles. The molecule has 0 saturated heterocycles. The Kier molecular flexibility index (Phi) is 3.67. The zero-order chi connectivity index (χ0) is 13.1. The molecule has 18 heavy (non-hydrogen) atoms. The van der Waals surface area contributed by atoms with Crippen LogP contribution in [0.1, 0.15) is 13.3 Å². The molecular weight excluding hydrogens is 226 g/mol. The van der Waals surface area contributed by atoms with Gasteiger partial charge in [-0.3, -0.25) is 4.98 Å². The average Bonchev–Trinajstić information content (AvgIpc) is 2.37. The maximum Gasteiger partial charge on any atom is 0.0528 e. The van der Waals surface area contributed by atoms with Gasteiger partial charge in [-0.15, -0.1) is 0 Å². The number of pyridine rings is 1. The Morgan fingerprint density at radius 1 is 1.33 bits per heavy atom. The molecule has 0 aliphatic carbocycles. The first kappa shape index (κ1) is 12.6. The van der Waals surface area contributed by atoms with E-state index in [1.165, 1.54) is 0 Å². The maximum absolute atomic E-state index is 9.35. The van der Waals surface area contributed by atoms with Crippen LogP contribution < -0.4 is 10.6 Å². The zero-order valence-corrected chi connectivity index (χ0v) is 10.8. The van der Waals surface area contributed by atoms with E-state index in [0.29, 0.717) is 0 Å². The van der Waals surface area contributed by atoms with Crippen molar-refractivity contribution >= 4 is 22.1 Å². The summed E-state index contributed by atoms with van der Waals surface area (Å²) in [6, 6.07) is 5.89. The van der Waals surface area contributed by atoms with E-state index in [9.17, 15) is 5.11 Å². The third kappa shape index (κ3) is 2.54. The third-order valence-corrected chi connectivity index (χ3v) is 3.12. The lowest BCUT2D eigenvalue weighted by Crippen LogP contribution is -2.22. The van der Waals surface area contributed by atoms with Gasteiger partial charge in [0.2, 0.25) is 0 Å². The van der Waals surface area contributed by atoms with Crippen LogP contribution in [0, 0.1) is 0 Å². The molecule has 2 aromatic rings. The molecule has 0 aliphatic rings. The first-order valence-corrected chi connectivity index (χ1v) is 6.11. The molecule has 4 heteroatoms. The van der Waals surface area contributed by atoms with Gasteiger partial charge in [-0.2, -0.15) is 0 Å². The number of aliphatic hydroxyl groups excluding tert-OH is 1.